The fraction of sp³-hybridized carbons (Fsp3) is 0.471. The van der Waals surface area contributed by atoms with Crippen molar-refractivity contribution in [3.05, 3.63) is 83.2 Å². The summed E-state index contributed by atoms with van der Waals surface area (Å²) in [6.45, 7) is 4.86. The Morgan fingerprint density at radius 3 is 1.31 bits per heavy atom. The summed E-state index contributed by atoms with van der Waals surface area (Å²) in [6.07, 6.45) is 11.3. The van der Waals surface area contributed by atoms with Crippen LogP contribution in [0.1, 0.15) is 62.5 Å². The molecule has 0 aliphatic heterocycles. The second-order valence-electron chi connectivity index (χ2n) is 10.5. The van der Waals surface area contributed by atoms with Gasteiger partial charge >= 0.3 is 0 Å². The Bertz CT molecular complexity index is 1090. The van der Waals surface area contributed by atoms with Crippen LogP contribution in [0.2, 0.25) is 0 Å². The number of carbonyl (C=O) groups is 2. The van der Waals surface area contributed by atoms with Crippen LogP contribution in [0.4, 0.5) is 0 Å². The number of hydrogen-bond acceptors (Lipinski definition) is 8. The minimum absolute atomic E-state index is 0.140. The highest BCUT2D eigenvalue weighted by molar-refractivity contribution is 6.19. The number of para-hydroxylation sites is 2. The van der Waals surface area contributed by atoms with Crippen LogP contribution in [0.5, 0.6) is 11.5 Å². The summed E-state index contributed by atoms with van der Waals surface area (Å²) in [7, 11) is 3.39. The molecule has 1 aliphatic carbocycles. The van der Waals surface area contributed by atoms with Crippen LogP contribution in [0, 0.1) is 0 Å². The molecule has 0 heterocycles. The maximum absolute atomic E-state index is 12.5. The van der Waals surface area contributed by atoms with Crippen molar-refractivity contribution in [1.82, 2.24) is 21.3 Å². The molecular formula is C34H48N4O4. The molecule has 228 valence electrons. The number of carbonyl (C=O) groups excluding carboxylic acids is 2. The molecule has 0 bridgehead atoms. The van der Waals surface area contributed by atoms with Crippen molar-refractivity contribution in [1.29, 1.82) is 0 Å². The lowest BCUT2D eigenvalue weighted by Gasteiger charge is -2.15. The van der Waals surface area contributed by atoms with Crippen molar-refractivity contribution in [3.63, 3.8) is 0 Å². The Morgan fingerprint density at radius 1 is 0.524 bits per heavy atom. The molecule has 42 heavy (non-hydrogen) atoms. The van der Waals surface area contributed by atoms with Gasteiger partial charge in [0, 0.05) is 49.5 Å². The number of rotatable bonds is 22. The zero-order chi connectivity index (χ0) is 29.8. The second-order valence-corrected chi connectivity index (χ2v) is 10.5. The lowest BCUT2D eigenvalue weighted by atomic mass is 10.1. The van der Waals surface area contributed by atoms with E-state index in [9.17, 15) is 9.59 Å². The first-order valence-corrected chi connectivity index (χ1v) is 15.3. The van der Waals surface area contributed by atoms with E-state index in [-0.39, 0.29) is 11.6 Å². The van der Waals surface area contributed by atoms with Gasteiger partial charge in [-0.25, -0.2) is 0 Å². The highest BCUT2D eigenvalue weighted by atomic mass is 16.5. The molecule has 2 aromatic rings. The number of nitrogens with one attached hydrogen (secondary N) is 4. The summed E-state index contributed by atoms with van der Waals surface area (Å²) in [5.74, 6) is 1.54. The predicted octanol–water partition coefficient (Wildman–Crippen LogP) is 4.80. The summed E-state index contributed by atoms with van der Waals surface area (Å²) in [4.78, 5) is 25.0. The van der Waals surface area contributed by atoms with E-state index in [0.29, 0.717) is 24.5 Å². The van der Waals surface area contributed by atoms with Gasteiger partial charge in [-0.05, 0) is 50.9 Å². The molecule has 0 aromatic heterocycles. The monoisotopic (exact) mass is 576 g/mol. The van der Waals surface area contributed by atoms with E-state index < -0.39 is 0 Å². The molecule has 4 N–H and O–H groups in total. The largest absolute Gasteiger partial charge is 0.496 e. The molecule has 0 spiro atoms. The van der Waals surface area contributed by atoms with E-state index in [4.69, 9.17) is 9.47 Å². The molecule has 0 atom stereocenters. The summed E-state index contributed by atoms with van der Waals surface area (Å²) < 4.78 is 10.8. The van der Waals surface area contributed by atoms with Crippen LogP contribution in [-0.4, -0.2) is 52.0 Å². The molecule has 1 aliphatic rings. The Morgan fingerprint density at radius 2 is 0.905 bits per heavy atom. The van der Waals surface area contributed by atoms with Crippen LogP contribution in [0.15, 0.2) is 72.1 Å². The minimum atomic E-state index is -0.140. The highest BCUT2D eigenvalue weighted by Crippen LogP contribution is 2.17. The van der Waals surface area contributed by atoms with Crippen molar-refractivity contribution in [2.24, 2.45) is 0 Å². The van der Waals surface area contributed by atoms with Crippen LogP contribution in [-0.2, 0) is 22.7 Å². The minimum Gasteiger partial charge on any atom is -0.496 e. The summed E-state index contributed by atoms with van der Waals surface area (Å²) >= 11 is 0. The predicted molar refractivity (Wildman–Crippen MR) is 169 cm³/mol. The van der Waals surface area contributed by atoms with Crippen LogP contribution < -0.4 is 30.7 Å². The first-order valence-electron chi connectivity index (χ1n) is 15.3. The number of methoxy groups -OCH3 is 2. The Kier molecular flexibility index (Phi) is 15.3. The molecule has 0 radical (unpaired) electrons. The van der Waals surface area contributed by atoms with Crippen LogP contribution >= 0.6 is 0 Å². The van der Waals surface area contributed by atoms with E-state index in [0.717, 1.165) is 100 Å². The number of benzene rings is 2. The van der Waals surface area contributed by atoms with Crippen molar-refractivity contribution >= 4 is 11.6 Å². The maximum Gasteiger partial charge on any atom is 0.203 e. The van der Waals surface area contributed by atoms with Gasteiger partial charge in [-0.1, -0.05) is 62.1 Å². The number of allylic oxidation sites excluding steroid dienone is 2. The lowest BCUT2D eigenvalue weighted by molar-refractivity contribution is -0.115. The molecule has 2 aromatic carbocycles. The molecule has 0 fully saturated rings. The second kappa shape index (κ2) is 19.5. The molecule has 0 unspecified atom stereocenters. The number of hydrogen-bond donors (Lipinski definition) is 4. The van der Waals surface area contributed by atoms with Crippen LogP contribution in [0.3, 0.4) is 0 Å². The van der Waals surface area contributed by atoms with Gasteiger partial charge in [0.1, 0.15) is 11.5 Å². The fourth-order valence-electron chi connectivity index (χ4n) is 4.88. The van der Waals surface area contributed by atoms with E-state index in [1.165, 1.54) is 12.2 Å². The molecule has 0 amide bonds. The standard InChI is InChI=1S/C34H48N4O4/c1-41-33-17-9-7-15-27(33)25-35-19-11-3-5-13-21-37-29-23-32(40)30(24-31(29)39)38-22-14-6-4-12-20-36-26-28-16-8-10-18-34(28)42-2/h7-10,15-18,23-24,35-38H,3-6,11-14,19-22,25-26H2,1-2H3. The van der Waals surface area contributed by atoms with E-state index >= 15 is 0 Å². The Hall–Kier alpha value is -3.62. The van der Waals surface area contributed by atoms with E-state index in [1.54, 1.807) is 14.2 Å². The lowest BCUT2D eigenvalue weighted by Crippen LogP contribution is -2.30. The van der Waals surface area contributed by atoms with Gasteiger partial charge in [-0.15, -0.1) is 0 Å². The molecule has 8 nitrogen and oxygen atoms in total. The molecule has 0 saturated heterocycles. The molecule has 8 heteroatoms. The molecule has 0 saturated carbocycles. The van der Waals surface area contributed by atoms with Gasteiger partial charge in [0.15, 0.2) is 0 Å². The average molecular weight is 577 g/mol. The fourth-order valence-corrected chi connectivity index (χ4v) is 4.88. The number of ether oxygens (including phenoxy) is 2. The Balaban J connectivity index is 1.17. The summed E-state index contributed by atoms with van der Waals surface area (Å²) in [5, 5.41) is 13.2. The van der Waals surface area contributed by atoms with Gasteiger partial charge in [0.25, 0.3) is 0 Å². The average Bonchev–Trinajstić information content (AvgIpc) is 3.01. The first-order chi connectivity index (χ1) is 20.6. The number of unbranched alkanes of at least 4 members (excludes halogenated alkanes) is 6. The molecule has 3 rings (SSSR count). The highest BCUT2D eigenvalue weighted by Gasteiger charge is 2.19. The van der Waals surface area contributed by atoms with E-state index in [2.05, 4.69) is 33.4 Å². The number of ketones is 2. The van der Waals surface area contributed by atoms with Gasteiger partial charge < -0.3 is 30.7 Å². The quantitative estimate of drug-likeness (QED) is 0.117. The SMILES string of the molecule is COc1ccccc1CNCCCCCCNC1=CC(=O)C(NCCCCCCNCc2ccccc2OC)=CC1=O. The smallest absolute Gasteiger partial charge is 0.203 e. The Labute approximate surface area is 251 Å². The third-order valence-corrected chi connectivity index (χ3v) is 7.29. The van der Waals surface area contributed by atoms with Gasteiger partial charge in [0.05, 0.1) is 25.6 Å². The van der Waals surface area contributed by atoms with Gasteiger partial charge in [0.2, 0.25) is 11.6 Å². The normalized spacial score (nSPS) is 13.0. The van der Waals surface area contributed by atoms with Crippen LogP contribution in [0.25, 0.3) is 0 Å². The summed E-state index contributed by atoms with van der Waals surface area (Å²) in [6, 6.07) is 16.1. The maximum atomic E-state index is 12.5. The first kappa shape index (κ1) is 32.9. The third kappa shape index (κ3) is 11.7. The zero-order valence-corrected chi connectivity index (χ0v) is 25.3. The zero-order valence-electron chi connectivity index (χ0n) is 25.3. The van der Waals surface area contributed by atoms with Crippen molar-refractivity contribution in [3.8, 4) is 11.5 Å². The van der Waals surface area contributed by atoms with Gasteiger partial charge in [-0.3, -0.25) is 9.59 Å². The van der Waals surface area contributed by atoms with Crippen molar-refractivity contribution < 1.29 is 19.1 Å². The van der Waals surface area contributed by atoms with Crippen molar-refractivity contribution in [2.45, 2.75) is 64.5 Å². The van der Waals surface area contributed by atoms with Gasteiger partial charge in [-0.2, -0.15) is 0 Å². The third-order valence-electron chi connectivity index (χ3n) is 7.29. The van der Waals surface area contributed by atoms with Crippen molar-refractivity contribution in [2.75, 3.05) is 40.4 Å². The van der Waals surface area contributed by atoms with E-state index in [1.807, 2.05) is 36.4 Å². The topological polar surface area (TPSA) is 101 Å². The summed E-state index contributed by atoms with van der Waals surface area (Å²) in [5.41, 5.74) is 3.11. The molecular weight excluding hydrogens is 528 g/mol.